The Bertz CT molecular complexity index is 636. The van der Waals surface area contributed by atoms with E-state index in [1.54, 1.807) is 36.6 Å². The Hall–Kier alpha value is -2.01. The molecule has 0 bridgehead atoms. The van der Waals surface area contributed by atoms with Crippen LogP contribution in [0.25, 0.3) is 0 Å². The molecule has 1 aliphatic carbocycles. The molecular weight excluding hydrogens is 284 g/mol. The summed E-state index contributed by atoms with van der Waals surface area (Å²) < 4.78 is 5.20. The van der Waals surface area contributed by atoms with Gasteiger partial charge in [-0.25, -0.2) is 0 Å². The second kappa shape index (κ2) is 5.77. The molecule has 1 aromatic carbocycles. The molecule has 4 nitrogen and oxygen atoms in total. The molecule has 2 aromatic rings. The zero-order valence-corrected chi connectivity index (χ0v) is 12.7. The molecule has 0 radical (unpaired) electrons. The molecule has 1 amide bonds. The van der Waals surface area contributed by atoms with Gasteiger partial charge in [-0.05, 0) is 36.4 Å². The SMILES string of the molecule is COc1cccc(C(=O)N(Cc2cccs2)C2CC2)c1N. The second-order valence-corrected chi connectivity index (χ2v) is 6.20. The van der Waals surface area contributed by atoms with Crippen LogP contribution in [0.2, 0.25) is 0 Å². The van der Waals surface area contributed by atoms with Gasteiger partial charge in [-0.1, -0.05) is 12.1 Å². The van der Waals surface area contributed by atoms with Crippen molar-refractivity contribution in [3.8, 4) is 5.75 Å². The van der Waals surface area contributed by atoms with E-state index >= 15 is 0 Å². The maximum Gasteiger partial charge on any atom is 0.256 e. The average Bonchev–Trinajstić information content (AvgIpc) is 3.21. The fourth-order valence-corrected chi connectivity index (χ4v) is 3.09. The number of nitrogen functional groups attached to an aromatic ring is 1. The summed E-state index contributed by atoms with van der Waals surface area (Å²) in [6.45, 7) is 0.651. The lowest BCUT2D eigenvalue weighted by molar-refractivity contribution is 0.0732. The molecule has 2 N–H and O–H groups in total. The van der Waals surface area contributed by atoms with Gasteiger partial charge in [0.2, 0.25) is 0 Å². The van der Waals surface area contributed by atoms with Crippen molar-refractivity contribution in [2.75, 3.05) is 12.8 Å². The molecule has 3 rings (SSSR count). The highest BCUT2D eigenvalue weighted by Crippen LogP contribution is 2.33. The molecule has 1 fully saturated rings. The Labute approximate surface area is 128 Å². The molecule has 110 valence electrons. The largest absolute Gasteiger partial charge is 0.495 e. The van der Waals surface area contributed by atoms with Crippen LogP contribution in [0.4, 0.5) is 5.69 Å². The number of nitrogens with two attached hydrogens (primary N) is 1. The van der Waals surface area contributed by atoms with Crippen LogP contribution in [0.1, 0.15) is 28.1 Å². The van der Waals surface area contributed by atoms with Crippen molar-refractivity contribution in [1.29, 1.82) is 0 Å². The number of anilines is 1. The number of hydrogen-bond donors (Lipinski definition) is 1. The van der Waals surface area contributed by atoms with Gasteiger partial charge in [0.15, 0.2) is 0 Å². The Morgan fingerprint density at radius 1 is 1.38 bits per heavy atom. The summed E-state index contributed by atoms with van der Waals surface area (Å²) in [6.07, 6.45) is 2.14. The first kappa shape index (κ1) is 13.9. The van der Waals surface area contributed by atoms with Crippen LogP contribution in [-0.4, -0.2) is 24.0 Å². The molecule has 21 heavy (non-hydrogen) atoms. The van der Waals surface area contributed by atoms with E-state index in [0.717, 1.165) is 12.8 Å². The molecular formula is C16H18N2O2S. The highest BCUT2D eigenvalue weighted by Gasteiger charge is 2.34. The van der Waals surface area contributed by atoms with Gasteiger partial charge >= 0.3 is 0 Å². The summed E-state index contributed by atoms with van der Waals surface area (Å²) in [4.78, 5) is 16.0. The molecule has 1 aromatic heterocycles. The predicted octanol–water partition coefficient (Wildman–Crippen LogP) is 3.14. The summed E-state index contributed by atoms with van der Waals surface area (Å²) in [6, 6.07) is 9.75. The summed E-state index contributed by atoms with van der Waals surface area (Å²) in [5.74, 6) is 0.537. The van der Waals surface area contributed by atoms with Crippen molar-refractivity contribution < 1.29 is 9.53 Å². The highest BCUT2D eigenvalue weighted by atomic mass is 32.1. The summed E-state index contributed by atoms with van der Waals surface area (Å²) >= 11 is 1.67. The minimum Gasteiger partial charge on any atom is -0.495 e. The number of carbonyl (C=O) groups excluding carboxylic acids is 1. The molecule has 0 atom stereocenters. The lowest BCUT2D eigenvalue weighted by Gasteiger charge is -2.23. The normalized spacial score (nSPS) is 14.0. The quantitative estimate of drug-likeness (QED) is 0.863. The lowest BCUT2D eigenvalue weighted by Crippen LogP contribution is -2.32. The van der Waals surface area contributed by atoms with Crippen LogP contribution in [-0.2, 0) is 6.54 Å². The number of amides is 1. The Balaban J connectivity index is 1.87. The van der Waals surface area contributed by atoms with Crippen LogP contribution in [0, 0.1) is 0 Å². The summed E-state index contributed by atoms with van der Waals surface area (Å²) in [5.41, 5.74) is 7.00. The van der Waals surface area contributed by atoms with Crippen molar-refractivity contribution in [2.45, 2.75) is 25.4 Å². The molecule has 1 aliphatic rings. The average molecular weight is 302 g/mol. The fourth-order valence-electron chi connectivity index (χ4n) is 2.39. The first-order valence-corrected chi connectivity index (χ1v) is 7.84. The van der Waals surface area contributed by atoms with E-state index in [9.17, 15) is 4.79 Å². The van der Waals surface area contributed by atoms with Crippen molar-refractivity contribution in [1.82, 2.24) is 4.90 Å². The molecule has 0 saturated heterocycles. The Morgan fingerprint density at radius 2 is 2.19 bits per heavy atom. The highest BCUT2D eigenvalue weighted by molar-refractivity contribution is 7.09. The van der Waals surface area contributed by atoms with Gasteiger partial charge in [0.25, 0.3) is 5.91 Å². The second-order valence-electron chi connectivity index (χ2n) is 5.17. The number of ether oxygens (including phenoxy) is 1. The van der Waals surface area contributed by atoms with Gasteiger partial charge in [-0.15, -0.1) is 11.3 Å². The van der Waals surface area contributed by atoms with Crippen LogP contribution in [0.15, 0.2) is 35.7 Å². The molecule has 0 spiro atoms. The van der Waals surface area contributed by atoms with E-state index in [2.05, 4.69) is 6.07 Å². The number of methoxy groups -OCH3 is 1. The third kappa shape index (κ3) is 2.88. The van der Waals surface area contributed by atoms with E-state index < -0.39 is 0 Å². The van der Waals surface area contributed by atoms with E-state index in [1.165, 1.54) is 4.88 Å². The predicted molar refractivity (Wildman–Crippen MR) is 84.6 cm³/mol. The van der Waals surface area contributed by atoms with E-state index in [4.69, 9.17) is 10.5 Å². The van der Waals surface area contributed by atoms with E-state index in [1.807, 2.05) is 16.3 Å². The van der Waals surface area contributed by atoms with Crippen LogP contribution in [0.5, 0.6) is 5.75 Å². The molecule has 0 unspecified atom stereocenters. The summed E-state index contributed by atoms with van der Waals surface area (Å²) in [7, 11) is 1.56. The van der Waals surface area contributed by atoms with Gasteiger partial charge < -0.3 is 15.4 Å². The van der Waals surface area contributed by atoms with Crippen LogP contribution in [0.3, 0.4) is 0 Å². The standard InChI is InChI=1S/C16H18N2O2S/c1-20-14-6-2-5-13(15(14)17)16(19)18(11-7-8-11)10-12-4-3-9-21-12/h2-6,9,11H,7-8,10,17H2,1H3. The van der Waals surface area contributed by atoms with Crippen molar-refractivity contribution in [3.63, 3.8) is 0 Å². The van der Waals surface area contributed by atoms with Crippen LogP contribution < -0.4 is 10.5 Å². The monoisotopic (exact) mass is 302 g/mol. The first-order valence-electron chi connectivity index (χ1n) is 6.96. The zero-order chi connectivity index (χ0) is 14.8. The van der Waals surface area contributed by atoms with Gasteiger partial charge in [-0.2, -0.15) is 0 Å². The van der Waals surface area contributed by atoms with Crippen LogP contribution >= 0.6 is 11.3 Å². The smallest absolute Gasteiger partial charge is 0.256 e. The maximum atomic E-state index is 12.8. The topological polar surface area (TPSA) is 55.6 Å². The minimum atomic E-state index is -0.0118. The minimum absolute atomic E-state index is 0.0118. The number of thiophene rings is 1. The summed E-state index contributed by atoms with van der Waals surface area (Å²) in [5, 5.41) is 2.03. The van der Waals surface area contributed by atoms with E-state index in [-0.39, 0.29) is 5.91 Å². The zero-order valence-electron chi connectivity index (χ0n) is 11.9. The van der Waals surface area contributed by atoms with Gasteiger partial charge in [0.05, 0.1) is 24.9 Å². The van der Waals surface area contributed by atoms with Crippen molar-refractivity contribution >= 4 is 22.9 Å². The third-order valence-electron chi connectivity index (χ3n) is 3.67. The lowest BCUT2D eigenvalue weighted by atomic mass is 10.1. The first-order chi connectivity index (χ1) is 10.2. The number of para-hydroxylation sites is 1. The Morgan fingerprint density at radius 3 is 2.81 bits per heavy atom. The number of benzene rings is 1. The fraction of sp³-hybridized carbons (Fsp3) is 0.312. The molecule has 1 heterocycles. The van der Waals surface area contributed by atoms with E-state index in [0.29, 0.717) is 29.6 Å². The number of nitrogens with zero attached hydrogens (tertiary/aromatic N) is 1. The van der Waals surface area contributed by atoms with Gasteiger partial charge in [0.1, 0.15) is 5.75 Å². The Kier molecular flexibility index (Phi) is 3.84. The van der Waals surface area contributed by atoms with Crippen molar-refractivity contribution in [3.05, 3.63) is 46.2 Å². The molecule has 1 saturated carbocycles. The maximum absolute atomic E-state index is 12.8. The van der Waals surface area contributed by atoms with Gasteiger partial charge in [0, 0.05) is 10.9 Å². The molecule has 0 aliphatic heterocycles. The number of carbonyl (C=O) groups is 1. The third-order valence-corrected chi connectivity index (χ3v) is 4.53. The number of hydrogen-bond acceptors (Lipinski definition) is 4. The molecule has 5 heteroatoms. The van der Waals surface area contributed by atoms with Gasteiger partial charge in [-0.3, -0.25) is 4.79 Å². The van der Waals surface area contributed by atoms with Crippen molar-refractivity contribution in [2.24, 2.45) is 0 Å². The number of rotatable bonds is 5.